The molecule has 0 saturated heterocycles. The first-order chi connectivity index (χ1) is 16.6. The molecule has 1 heterocycles. The first-order valence-electron chi connectivity index (χ1n) is 10.7. The molecule has 7 heteroatoms. The molecule has 1 N–H and O–H groups in total. The molecule has 170 valence electrons. The van der Waals surface area contributed by atoms with Crippen LogP contribution >= 0.6 is 0 Å². The quantitative estimate of drug-likeness (QED) is 0.284. The van der Waals surface area contributed by atoms with Crippen molar-refractivity contribution in [3.63, 3.8) is 0 Å². The van der Waals surface area contributed by atoms with Gasteiger partial charge in [-0.05, 0) is 60.5 Å². The fourth-order valence-electron chi connectivity index (χ4n) is 3.41. The molecule has 0 aliphatic heterocycles. The van der Waals surface area contributed by atoms with Gasteiger partial charge in [-0.2, -0.15) is 5.26 Å². The maximum absolute atomic E-state index is 11.8. The molecule has 34 heavy (non-hydrogen) atoms. The van der Waals surface area contributed by atoms with Crippen LogP contribution in [0, 0.1) is 11.3 Å². The predicted molar refractivity (Wildman–Crippen MR) is 129 cm³/mol. The van der Waals surface area contributed by atoms with Crippen LogP contribution in [0.5, 0.6) is 11.5 Å². The van der Waals surface area contributed by atoms with Crippen LogP contribution in [0.2, 0.25) is 0 Å². The van der Waals surface area contributed by atoms with E-state index in [2.05, 4.69) is 16.0 Å². The molecule has 4 rings (SSSR count). The lowest BCUT2D eigenvalue weighted by atomic mass is 10.1. The Balaban J connectivity index is 1.50. The van der Waals surface area contributed by atoms with Gasteiger partial charge in [-0.1, -0.05) is 30.3 Å². The second-order valence-corrected chi connectivity index (χ2v) is 7.39. The minimum atomic E-state index is -0.348. The Hall–Kier alpha value is -4.57. The van der Waals surface area contributed by atoms with E-state index < -0.39 is 0 Å². The van der Waals surface area contributed by atoms with Gasteiger partial charge in [0.25, 0.3) is 0 Å². The van der Waals surface area contributed by atoms with E-state index in [4.69, 9.17) is 14.2 Å². The van der Waals surface area contributed by atoms with Crippen LogP contribution in [0.3, 0.4) is 0 Å². The first kappa shape index (κ1) is 22.6. The van der Waals surface area contributed by atoms with Gasteiger partial charge in [0.2, 0.25) is 0 Å². The molecule has 0 bridgehead atoms. The van der Waals surface area contributed by atoms with Crippen molar-refractivity contribution in [3.8, 4) is 17.6 Å². The van der Waals surface area contributed by atoms with Crippen LogP contribution in [0.1, 0.15) is 34.2 Å². The maximum Gasteiger partial charge on any atom is 0.338 e. The molecule has 0 saturated carbocycles. The number of aromatic amines is 1. The lowest BCUT2D eigenvalue weighted by molar-refractivity contribution is 0.0526. The Morgan fingerprint density at radius 1 is 1.09 bits per heavy atom. The number of imidazole rings is 1. The summed E-state index contributed by atoms with van der Waals surface area (Å²) in [7, 11) is 1.56. The summed E-state index contributed by atoms with van der Waals surface area (Å²) in [5.41, 5.74) is 4.26. The molecule has 1 aromatic heterocycles. The van der Waals surface area contributed by atoms with Gasteiger partial charge >= 0.3 is 5.97 Å². The zero-order valence-corrected chi connectivity index (χ0v) is 18.9. The van der Waals surface area contributed by atoms with Crippen LogP contribution in [0.15, 0.2) is 66.7 Å². The molecule has 3 aromatic carbocycles. The first-order valence-corrected chi connectivity index (χ1v) is 10.7. The number of benzene rings is 3. The zero-order valence-electron chi connectivity index (χ0n) is 18.9. The van der Waals surface area contributed by atoms with Gasteiger partial charge in [0.15, 0.2) is 11.5 Å². The molecule has 0 atom stereocenters. The molecule has 0 aliphatic carbocycles. The number of rotatable bonds is 8. The van der Waals surface area contributed by atoms with Crippen LogP contribution in [-0.4, -0.2) is 29.7 Å². The molecule has 7 nitrogen and oxygen atoms in total. The Labute approximate surface area is 197 Å². The highest BCUT2D eigenvalue weighted by molar-refractivity contribution is 5.90. The molecule has 0 unspecified atom stereocenters. The second kappa shape index (κ2) is 10.4. The number of esters is 1. The third kappa shape index (κ3) is 5.08. The van der Waals surface area contributed by atoms with Crippen LogP contribution < -0.4 is 9.47 Å². The fraction of sp³-hybridized carbons (Fsp3) is 0.148. The highest BCUT2D eigenvalue weighted by Gasteiger charge is 2.11. The van der Waals surface area contributed by atoms with E-state index >= 15 is 0 Å². The minimum absolute atomic E-state index is 0.303. The summed E-state index contributed by atoms with van der Waals surface area (Å²) in [6.45, 7) is 2.41. The van der Waals surface area contributed by atoms with E-state index in [1.807, 2.05) is 42.5 Å². The molecular weight excluding hydrogens is 430 g/mol. The van der Waals surface area contributed by atoms with Gasteiger partial charge in [0, 0.05) is 0 Å². The monoisotopic (exact) mass is 453 g/mol. The fourth-order valence-corrected chi connectivity index (χ4v) is 3.41. The number of para-hydroxylation sites is 2. The number of nitriles is 1. The lowest BCUT2D eigenvalue weighted by Gasteiger charge is -2.12. The Kier molecular flexibility index (Phi) is 6.89. The van der Waals surface area contributed by atoms with Gasteiger partial charge in [0.1, 0.15) is 18.5 Å². The molecule has 0 fully saturated rings. The van der Waals surface area contributed by atoms with E-state index in [0.717, 1.165) is 22.2 Å². The highest BCUT2D eigenvalue weighted by Crippen LogP contribution is 2.30. The van der Waals surface area contributed by atoms with E-state index in [1.165, 1.54) is 0 Å². The third-order valence-corrected chi connectivity index (χ3v) is 5.12. The van der Waals surface area contributed by atoms with E-state index in [9.17, 15) is 10.1 Å². The van der Waals surface area contributed by atoms with Crippen molar-refractivity contribution in [2.75, 3.05) is 13.7 Å². The third-order valence-electron chi connectivity index (χ3n) is 5.12. The van der Waals surface area contributed by atoms with Crippen molar-refractivity contribution in [1.29, 1.82) is 5.26 Å². The average molecular weight is 453 g/mol. The predicted octanol–water partition coefficient (Wildman–Crippen LogP) is 5.39. The van der Waals surface area contributed by atoms with Gasteiger partial charge in [-0.15, -0.1) is 0 Å². The summed E-state index contributed by atoms with van der Waals surface area (Å²) in [6, 6.07) is 22.4. The summed E-state index contributed by atoms with van der Waals surface area (Å²) in [6.07, 6.45) is 1.75. The van der Waals surface area contributed by atoms with Crippen LogP contribution in [-0.2, 0) is 11.3 Å². The van der Waals surface area contributed by atoms with Gasteiger partial charge in [-0.25, -0.2) is 9.78 Å². The van der Waals surface area contributed by atoms with E-state index in [1.54, 1.807) is 44.4 Å². The lowest BCUT2D eigenvalue weighted by Crippen LogP contribution is -2.05. The number of methoxy groups -OCH3 is 1. The molecule has 4 aromatic rings. The molecule has 0 spiro atoms. The van der Waals surface area contributed by atoms with Gasteiger partial charge in [0.05, 0.1) is 35.9 Å². The summed E-state index contributed by atoms with van der Waals surface area (Å²) in [4.78, 5) is 19.5. The van der Waals surface area contributed by atoms with E-state index in [0.29, 0.717) is 41.7 Å². The second-order valence-electron chi connectivity index (χ2n) is 7.39. The van der Waals surface area contributed by atoms with Crippen LogP contribution in [0.4, 0.5) is 0 Å². The van der Waals surface area contributed by atoms with Crippen molar-refractivity contribution >= 4 is 28.7 Å². The van der Waals surface area contributed by atoms with Gasteiger partial charge in [-0.3, -0.25) is 0 Å². The van der Waals surface area contributed by atoms with Crippen LogP contribution in [0.25, 0.3) is 22.7 Å². The van der Waals surface area contributed by atoms with Crippen molar-refractivity contribution in [2.45, 2.75) is 13.5 Å². The largest absolute Gasteiger partial charge is 0.493 e. The zero-order chi connectivity index (χ0) is 23.9. The number of fused-ring (bicyclic) bond motifs is 1. The standard InChI is InChI=1S/C27H23N3O4/c1-3-33-27(31)20-11-8-18(9-12-20)17-34-24-13-10-19(15-25(24)32-2)14-21(16-28)26-29-22-6-4-5-7-23(22)30-26/h4-15H,3,17H2,1-2H3,(H,29,30)/b21-14+. The summed E-state index contributed by atoms with van der Waals surface area (Å²) < 4.78 is 16.4. The molecular formula is C27H23N3O4. The molecule has 0 aliphatic rings. The minimum Gasteiger partial charge on any atom is -0.493 e. The van der Waals surface area contributed by atoms with Crippen molar-refractivity contribution in [1.82, 2.24) is 9.97 Å². The SMILES string of the molecule is CCOC(=O)c1ccc(COc2ccc(/C=C(\C#N)c3nc4ccccc4[nH]3)cc2OC)cc1. The average Bonchev–Trinajstić information content (AvgIpc) is 3.31. The Morgan fingerprint density at radius 3 is 2.59 bits per heavy atom. The number of ether oxygens (including phenoxy) is 3. The number of hydrogen-bond acceptors (Lipinski definition) is 6. The smallest absolute Gasteiger partial charge is 0.338 e. The molecule has 0 radical (unpaired) electrons. The topological polar surface area (TPSA) is 97.2 Å². The summed E-state index contributed by atoms with van der Waals surface area (Å²) in [5, 5.41) is 9.68. The number of hydrogen-bond donors (Lipinski definition) is 1. The number of carbonyl (C=O) groups is 1. The number of H-pyrrole nitrogens is 1. The summed E-state index contributed by atoms with van der Waals surface area (Å²) in [5.74, 6) is 1.27. The maximum atomic E-state index is 11.8. The van der Waals surface area contributed by atoms with Gasteiger partial charge < -0.3 is 19.2 Å². The summed E-state index contributed by atoms with van der Waals surface area (Å²) >= 11 is 0. The number of aromatic nitrogens is 2. The number of carbonyl (C=O) groups excluding carboxylic acids is 1. The Morgan fingerprint density at radius 2 is 1.88 bits per heavy atom. The number of nitrogens with one attached hydrogen (secondary N) is 1. The highest BCUT2D eigenvalue weighted by atomic mass is 16.5. The van der Waals surface area contributed by atoms with Crippen molar-refractivity contribution in [2.24, 2.45) is 0 Å². The van der Waals surface area contributed by atoms with Crippen molar-refractivity contribution < 1.29 is 19.0 Å². The number of nitrogens with zero attached hydrogens (tertiary/aromatic N) is 2. The molecule has 0 amide bonds. The Bertz CT molecular complexity index is 1350. The normalized spacial score (nSPS) is 11.1. The van der Waals surface area contributed by atoms with E-state index in [-0.39, 0.29) is 5.97 Å². The van der Waals surface area contributed by atoms with Crippen molar-refractivity contribution in [3.05, 3.63) is 89.2 Å². The number of allylic oxidation sites excluding steroid dienone is 1.